The zero-order chi connectivity index (χ0) is 13.9. The van der Waals surface area contributed by atoms with Crippen molar-refractivity contribution in [1.82, 2.24) is 9.88 Å². The third-order valence-electron chi connectivity index (χ3n) is 2.85. The maximum absolute atomic E-state index is 11.6. The summed E-state index contributed by atoms with van der Waals surface area (Å²) in [5.41, 5.74) is 0.817. The van der Waals surface area contributed by atoms with Gasteiger partial charge in [0.15, 0.2) is 0 Å². The summed E-state index contributed by atoms with van der Waals surface area (Å²) in [5, 5.41) is 13.2. The van der Waals surface area contributed by atoms with Gasteiger partial charge in [-0.15, -0.1) is 0 Å². The summed E-state index contributed by atoms with van der Waals surface area (Å²) in [6, 6.07) is 1.71. The van der Waals surface area contributed by atoms with Crippen LogP contribution in [0.1, 0.15) is 26.0 Å². The van der Waals surface area contributed by atoms with Crippen LogP contribution in [0.25, 0.3) is 0 Å². The van der Waals surface area contributed by atoms with Gasteiger partial charge in [-0.1, -0.05) is 37.0 Å². The van der Waals surface area contributed by atoms with Crippen LogP contribution in [0.5, 0.6) is 0 Å². The average molecular weight is 293 g/mol. The van der Waals surface area contributed by atoms with E-state index in [1.807, 2.05) is 13.8 Å². The first-order valence-corrected chi connectivity index (χ1v) is 6.52. The molecule has 6 heteroatoms. The monoisotopic (exact) mass is 292 g/mol. The number of aliphatic hydroxyl groups excluding tert-OH is 1. The van der Waals surface area contributed by atoms with Crippen LogP contribution in [0.4, 0.5) is 0 Å². The lowest BCUT2D eigenvalue weighted by Gasteiger charge is -2.14. The number of rotatable bonds is 5. The first-order chi connectivity index (χ1) is 8.32. The van der Waals surface area contributed by atoms with Gasteiger partial charge in [-0.3, -0.25) is 4.79 Å². The number of halogens is 2. The number of aromatic nitrogens is 1. The van der Waals surface area contributed by atoms with E-state index >= 15 is 0 Å². The summed E-state index contributed by atoms with van der Waals surface area (Å²) < 4.78 is 1.71. The summed E-state index contributed by atoms with van der Waals surface area (Å²) in [4.78, 5) is 11.6. The topological polar surface area (TPSA) is 54.3 Å². The van der Waals surface area contributed by atoms with E-state index in [1.165, 1.54) is 0 Å². The van der Waals surface area contributed by atoms with E-state index in [9.17, 15) is 9.90 Å². The molecular formula is C12H18Cl2N2O2. The highest BCUT2D eigenvalue weighted by Gasteiger charge is 2.15. The smallest absolute Gasteiger partial charge is 0.222 e. The molecule has 18 heavy (non-hydrogen) atoms. The van der Waals surface area contributed by atoms with Gasteiger partial charge in [0.2, 0.25) is 5.91 Å². The van der Waals surface area contributed by atoms with Crippen LogP contribution >= 0.6 is 23.2 Å². The van der Waals surface area contributed by atoms with Gasteiger partial charge < -0.3 is 15.0 Å². The number of carbonyl (C=O) groups excluding carboxylic acids is 1. The first-order valence-electron chi connectivity index (χ1n) is 5.77. The number of amides is 1. The fourth-order valence-corrected chi connectivity index (χ4v) is 1.86. The van der Waals surface area contributed by atoms with Crippen molar-refractivity contribution >= 4 is 29.1 Å². The van der Waals surface area contributed by atoms with Crippen LogP contribution in [0.15, 0.2) is 6.07 Å². The van der Waals surface area contributed by atoms with Gasteiger partial charge in [0.1, 0.15) is 5.15 Å². The summed E-state index contributed by atoms with van der Waals surface area (Å²) in [7, 11) is 1.78. The first kappa shape index (κ1) is 15.3. The molecule has 0 spiro atoms. The Morgan fingerprint density at radius 1 is 1.50 bits per heavy atom. The summed E-state index contributed by atoms with van der Waals surface area (Å²) in [6.45, 7) is 4.08. The SMILES string of the molecule is CC(C)C(O)CC(=O)NCc1cc(Cl)c(Cl)n1C. The molecule has 0 bridgehead atoms. The van der Waals surface area contributed by atoms with E-state index in [-0.39, 0.29) is 18.2 Å². The van der Waals surface area contributed by atoms with Crippen molar-refractivity contribution in [1.29, 1.82) is 0 Å². The largest absolute Gasteiger partial charge is 0.392 e. The second kappa shape index (κ2) is 6.45. The second-order valence-electron chi connectivity index (χ2n) is 4.63. The number of hydrogen-bond acceptors (Lipinski definition) is 2. The van der Waals surface area contributed by atoms with E-state index in [4.69, 9.17) is 23.2 Å². The van der Waals surface area contributed by atoms with E-state index in [0.29, 0.717) is 16.7 Å². The number of aliphatic hydroxyl groups is 1. The molecule has 0 saturated carbocycles. The summed E-state index contributed by atoms with van der Waals surface area (Å²) >= 11 is 11.8. The third kappa shape index (κ3) is 3.90. The minimum atomic E-state index is -0.620. The molecule has 1 atom stereocenters. The van der Waals surface area contributed by atoms with Crippen molar-refractivity contribution in [2.24, 2.45) is 13.0 Å². The molecule has 0 aliphatic carbocycles. The minimum Gasteiger partial charge on any atom is -0.392 e. The Bertz CT molecular complexity index is 430. The number of nitrogens with zero attached hydrogens (tertiary/aromatic N) is 1. The fourth-order valence-electron chi connectivity index (χ4n) is 1.45. The predicted octanol–water partition coefficient (Wildman–Crippen LogP) is 2.36. The van der Waals surface area contributed by atoms with Gasteiger partial charge in [-0.2, -0.15) is 0 Å². The number of nitrogens with one attached hydrogen (secondary N) is 1. The van der Waals surface area contributed by atoms with Crippen molar-refractivity contribution in [2.75, 3.05) is 0 Å². The molecule has 0 fully saturated rings. The van der Waals surface area contributed by atoms with Crippen LogP contribution in [-0.4, -0.2) is 21.7 Å². The molecule has 0 aliphatic rings. The normalized spacial score (nSPS) is 12.8. The van der Waals surface area contributed by atoms with Crippen LogP contribution in [0.3, 0.4) is 0 Å². The lowest BCUT2D eigenvalue weighted by molar-refractivity contribution is -0.123. The van der Waals surface area contributed by atoms with Crippen LogP contribution in [-0.2, 0) is 18.4 Å². The van der Waals surface area contributed by atoms with Crippen molar-refractivity contribution in [3.8, 4) is 0 Å². The molecule has 0 aromatic carbocycles. The maximum Gasteiger partial charge on any atom is 0.222 e. The molecule has 1 aromatic heterocycles. The molecule has 1 unspecified atom stereocenters. The lowest BCUT2D eigenvalue weighted by atomic mass is 10.0. The third-order valence-corrected chi connectivity index (χ3v) is 3.69. The van der Waals surface area contributed by atoms with Gasteiger partial charge in [-0.05, 0) is 12.0 Å². The highest BCUT2D eigenvalue weighted by Crippen LogP contribution is 2.24. The highest BCUT2D eigenvalue weighted by molar-refractivity contribution is 6.41. The predicted molar refractivity (Wildman–Crippen MR) is 72.7 cm³/mol. The van der Waals surface area contributed by atoms with E-state index in [1.54, 1.807) is 17.7 Å². The minimum absolute atomic E-state index is 0.0645. The second-order valence-corrected chi connectivity index (χ2v) is 5.39. The molecule has 1 amide bonds. The molecule has 4 nitrogen and oxygen atoms in total. The van der Waals surface area contributed by atoms with E-state index in [2.05, 4.69) is 5.32 Å². The molecule has 1 aromatic rings. The van der Waals surface area contributed by atoms with Gasteiger partial charge in [0, 0.05) is 12.7 Å². The number of carbonyl (C=O) groups is 1. The Labute approximate surface area is 117 Å². The van der Waals surface area contributed by atoms with Crippen LogP contribution in [0, 0.1) is 5.92 Å². The highest BCUT2D eigenvalue weighted by atomic mass is 35.5. The van der Waals surface area contributed by atoms with Gasteiger partial charge in [0.05, 0.1) is 24.1 Å². The van der Waals surface area contributed by atoms with Gasteiger partial charge >= 0.3 is 0 Å². The Hall–Kier alpha value is -0.710. The molecule has 102 valence electrons. The molecular weight excluding hydrogens is 275 g/mol. The molecule has 1 rings (SSSR count). The van der Waals surface area contributed by atoms with E-state index in [0.717, 1.165) is 5.69 Å². The Kier molecular flexibility index (Phi) is 5.50. The van der Waals surface area contributed by atoms with E-state index < -0.39 is 6.10 Å². The number of hydrogen-bond donors (Lipinski definition) is 2. The van der Waals surface area contributed by atoms with Gasteiger partial charge in [0.25, 0.3) is 0 Å². The fraction of sp³-hybridized carbons (Fsp3) is 0.583. The van der Waals surface area contributed by atoms with Crippen molar-refractivity contribution in [3.63, 3.8) is 0 Å². The molecule has 0 radical (unpaired) electrons. The Balaban J connectivity index is 2.50. The van der Waals surface area contributed by atoms with Crippen molar-refractivity contribution < 1.29 is 9.90 Å². The molecule has 0 saturated heterocycles. The Morgan fingerprint density at radius 2 is 2.11 bits per heavy atom. The van der Waals surface area contributed by atoms with Gasteiger partial charge in [-0.25, -0.2) is 0 Å². The molecule has 0 aliphatic heterocycles. The average Bonchev–Trinajstić information content (AvgIpc) is 2.54. The summed E-state index contributed by atoms with van der Waals surface area (Å²) in [6.07, 6.45) is -0.519. The van der Waals surface area contributed by atoms with Crippen LogP contribution in [0.2, 0.25) is 10.2 Å². The zero-order valence-corrected chi connectivity index (χ0v) is 12.2. The lowest BCUT2D eigenvalue weighted by Crippen LogP contribution is -2.29. The molecule has 2 N–H and O–H groups in total. The zero-order valence-electron chi connectivity index (χ0n) is 10.7. The Morgan fingerprint density at radius 3 is 2.56 bits per heavy atom. The molecule has 1 heterocycles. The van der Waals surface area contributed by atoms with Crippen LogP contribution < -0.4 is 5.32 Å². The summed E-state index contributed by atoms with van der Waals surface area (Å²) in [5.74, 6) is -0.126. The maximum atomic E-state index is 11.6. The standard InChI is InChI=1S/C12H18Cl2N2O2/c1-7(2)10(17)5-11(18)15-6-8-4-9(13)12(14)16(8)3/h4,7,10,17H,5-6H2,1-3H3,(H,15,18). The van der Waals surface area contributed by atoms with Crippen molar-refractivity contribution in [2.45, 2.75) is 32.9 Å². The quantitative estimate of drug-likeness (QED) is 0.875. The van der Waals surface area contributed by atoms with Crippen molar-refractivity contribution in [3.05, 3.63) is 21.9 Å².